The molecule has 1 aliphatic heterocycles. The summed E-state index contributed by atoms with van der Waals surface area (Å²) in [6.07, 6.45) is 6.09. The first kappa shape index (κ1) is 20.5. The average Bonchev–Trinajstić information content (AvgIpc) is 3.25. The van der Waals surface area contributed by atoms with Gasteiger partial charge in [-0.25, -0.2) is 18.4 Å². The van der Waals surface area contributed by atoms with Crippen molar-refractivity contribution in [2.45, 2.75) is 31.6 Å². The molecule has 4 rings (SSSR count). The Bertz CT molecular complexity index is 1280. The molecule has 0 saturated heterocycles. The molecular weight excluding hydrogens is 422 g/mol. The molecule has 6 nitrogen and oxygen atoms in total. The van der Waals surface area contributed by atoms with Gasteiger partial charge in [0.2, 0.25) is 10.0 Å². The molecule has 0 radical (unpaired) electrons. The Labute approximate surface area is 178 Å². The molecule has 0 saturated carbocycles. The van der Waals surface area contributed by atoms with E-state index in [0.717, 1.165) is 32.7 Å². The Morgan fingerprint density at radius 2 is 1.87 bits per heavy atom. The van der Waals surface area contributed by atoms with Crippen molar-refractivity contribution in [2.75, 3.05) is 0 Å². The van der Waals surface area contributed by atoms with E-state index in [4.69, 9.17) is 9.88 Å². The second-order valence-corrected chi connectivity index (χ2v) is 9.68. The van der Waals surface area contributed by atoms with Crippen LogP contribution in [0.1, 0.15) is 39.9 Å². The number of carbonyl (C=O) groups excluding carboxylic acids is 2. The van der Waals surface area contributed by atoms with Crippen molar-refractivity contribution in [3.05, 3.63) is 69.1 Å². The lowest BCUT2D eigenvalue weighted by Gasteiger charge is -2.13. The van der Waals surface area contributed by atoms with Gasteiger partial charge in [-0.15, -0.1) is 11.3 Å². The van der Waals surface area contributed by atoms with Crippen molar-refractivity contribution in [3.63, 3.8) is 0 Å². The van der Waals surface area contributed by atoms with Gasteiger partial charge in [0, 0.05) is 34.9 Å². The number of benzene rings is 1. The standard InChI is InChI=1S/C22H19NO5S2/c1-3-17(24)22-20(13-4-7-16(8-5-13)30(23,26)27)12(2)21(29-22)14-6-9-18-15(10-14)11-19(25)28-18/h4-9,11H,3,10H2,1-2H3,(H2,23,26,27). The number of sulfonamides is 1. The molecule has 2 N–H and O–H groups in total. The molecule has 0 atom stereocenters. The predicted molar refractivity (Wildman–Crippen MR) is 115 cm³/mol. The maximum atomic E-state index is 12.7. The van der Waals surface area contributed by atoms with Crippen molar-refractivity contribution < 1.29 is 22.7 Å². The van der Waals surface area contributed by atoms with Gasteiger partial charge in [0.25, 0.3) is 0 Å². The molecule has 0 amide bonds. The first-order chi connectivity index (χ1) is 14.2. The normalized spacial score (nSPS) is 15.8. The molecule has 2 aromatic rings. The lowest BCUT2D eigenvalue weighted by Crippen LogP contribution is -2.11. The molecule has 1 aromatic heterocycles. The Morgan fingerprint density at radius 3 is 2.50 bits per heavy atom. The number of fused-ring (bicyclic) bond motifs is 1. The van der Waals surface area contributed by atoms with Crippen LogP contribution >= 0.6 is 11.3 Å². The van der Waals surface area contributed by atoms with E-state index in [-0.39, 0.29) is 16.6 Å². The fraction of sp³-hybridized carbons (Fsp3) is 0.182. The number of thiophene rings is 1. The van der Waals surface area contributed by atoms with Crippen LogP contribution in [0.25, 0.3) is 16.7 Å². The average molecular weight is 442 g/mol. The van der Waals surface area contributed by atoms with Gasteiger partial charge >= 0.3 is 5.97 Å². The summed E-state index contributed by atoms with van der Waals surface area (Å²) in [5.41, 5.74) is 4.32. The van der Waals surface area contributed by atoms with Crippen LogP contribution in [0.5, 0.6) is 0 Å². The first-order valence-corrected chi connectivity index (χ1v) is 11.7. The van der Waals surface area contributed by atoms with Gasteiger partial charge < -0.3 is 4.74 Å². The van der Waals surface area contributed by atoms with Crippen molar-refractivity contribution in [3.8, 4) is 11.1 Å². The van der Waals surface area contributed by atoms with Crippen LogP contribution in [0, 0.1) is 6.92 Å². The molecule has 0 bridgehead atoms. The summed E-state index contributed by atoms with van der Waals surface area (Å²) in [5.74, 6) is 0.221. The van der Waals surface area contributed by atoms with E-state index in [2.05, 4.69) is 0 Å². The van der Waals surface area contributed by atoms with E-state index in [9.17, 15) is 18.0 Å². The maximum Gasteiger partial charge on any atom is 0.336 e. The largest absolute Gasteiger partial charge is 0.423 e. The third kappa shape index (κ3) is 3.58. The number of hydrogen-bond acceptors (Lipinski definition) is 6. The molecule has 154 valence electrons. The third-order valence-corrected chi connectivity index (χ3v) is 7.46. The van der Waals surface area contributed by atoms with Crippen LogP contribution in [0.4, 0.5) is 0 Å². The number of primary sulfonamides is 1. The number of carbonyl (C=O) groups is 2. The van der Waals surface area contributed by atoms with Crippen molar-refractivity contribution in [2.24, 2.45) is 5.14 Å². The highest BCUT2D eigenvalue weighted by molar-refractivity contribution is 7.89. The Kier molecular flexibility index (Phi) is 5.09. The van der Waals surface area contributed by atoms with Crippen LogP contribution in [0.2, 0.25) is 0 Å². The number of allylic oxidation sites excluding steroid dienone is 4. The van der Waals surface area contributed by atoms with Crippen LogP contribution < -0.4 is 5.14 Å². The van der Waals surface area contributed by atoms with E-state index < -0.39 is 10.0 Å². The number of esters is 1. The molecule has 0 spiro atoms. The van der Waals surface area contributed by atoms with Gasteiger partial charge in [-0.2, -0.15) is 0 Å². The van der Waals surface area contributed by atoms with Crippen LogP contribution in [0.15, 0.2) is 58.7 Å². The lowest BCUT2D eigenvalue weighted by atomic mass is 9.93. The number of hydrogen-bond donors (Lipinski definition) is 1. The summed E-state index contributed by atoms with van der Waals surface area (Å²) >= 11 is 1.42. The van der Waals surface area contributed by atoms with Gasteiger partial charge in [-0.3, -0.25) is 4.79 Å². The van der Waals surface area contributed by atoms with Crippen LogP contribution in [-0.4, -0.2) is 20.2 Å². The van der Waals surface area contributed by atoms with Crippen LogP contribution in [-0.2, 0) is 19.6 Å². The summed E-state index contributed by atoms with van der Waals surface area (Å²) in [5, 5.41) is 5.20. The summed E-state index contributed by atoms with van der Waals surface area (Å²) in [4.78, 5) is 25.9. The van der Waals surface area contributed by atoms with E-state index in [1.165, 1.54) is 29.5 Å². The minimum absolute atomic E-state index is 0.0195. The fourth-order valence-corrected chi connectivity index (χ4v) is 5.51. The predicted octanol–water partition coefficient (Wildman–Crippen LogP) is 4.12. The topological polar surface area (TPSA) is 104 Å². The Hall–Kier alpha value is -2.81. The number of ether oxygens (including phenoxy) is 1. The zero-order valence-corrected chi connectivity index (χ0v) is 18.0. The van der Waals surface area contributed by atoms with Crippen molar-refractivity contribution in [1.82, 2.24) is 0 Å². The summed E-state index contributed by atoms with van der Waals surface area (Å²) in [7, 11) is -3.79. The number of nitrogens with two attached hydrogens (primary N) is 1. The quantitative estimate of drug-likeness (QED) is 0.555. The highest BCUT2D eigenvalue weighted by Crippen LogP contribution is 2.44. The first-order valence-electron chi connectivity index (χ1n) is 9.33. The van der Waals surface area contributed by atoms with Crippen molar-refractivity contribution >= 4 is 38.7 Å². The Morgan fingerprint density at radius 1 is 1.17 bits per heavy atom. The number of ketones is 1. The van der Waals surface area contributed by atoms with Gasteiger partial charge in [0.15, 0.2) is 5.78 Å². The molecule has 2 heterocycles. The van der Waals surface area contributed by atoms with E-state index >= 15 is 0 Å². The smallest absolute Gasteiger partial charge is 0.336 e. The minimum Gasteiger partial charge on any atom is -0.423 e. The SMILES string of the molecule is CCC(=O)c1sc(C2=CC=C3OC(=O)C=C3C2)c(C)c1-c1ccc(S(N)(=O)=O)cc1. The highest BCUT2D eigenvalue weighted by Gasteiger charge is 2.27. The van der Waals surface area contributed by atoms with Gasteiger partial charge in [0.05, 0.1) is 9.77 Å². The van der Waals surface area contributed by atoms with E-state index in [1.807, 2.05) is 19.9 Å². The Balaban J connectivity index is 1.82. The minimum atomic E-state index is -3.79. The van der Waals surface area contributed by atoms with Gasteiger partial charge in [-0.1, -0.05) is 25.1 Å². The molecule has 8 heteroatoms. The molecule has 0 fully saturated rings. The number of rotatable bonds is 5. The molecule has 2 aliphatic rings. The van der Waals surface area contributed by atoms with E-state index in [0.29, 0.717) is 23.5 Å². The summed E-state index contributed by atoms with van der Waals surface area (Å²) < 4.78 is 28.3. The summed E-state index contributed by atoms with van der Waals surface area (Å²) in [6.45, 7) is 3.76. The highest BCUT2D eigenvalue weighted by atomic mass is 32.2. The molecular formula is C22H19NO5S2. The molecule has 30 heavy (non-hydrogen) atoms. The van der Waals surface area contributed by atoms with Crippen LogP contribution in [0.3, 0.4) is 0 Å². The zero-order chi connectivity index (χ0) is 21.6. The zero-order valence-electron chi connectivity index (χ0n) is 16.4. The van der Waals surface area contributed by atoms with E-state index in [1.54, 1.807) is 18.2 Å². The van der Waals surface area contributed by atoms with Gasteiger partial charge in [0.1, 0.15) is 5.76 Å². The van der Waals surface area contributed by atoms with Gasteiger partial charge in [-0.05, 0) is 41.8 Å². The monoisotopic (exact) mass is 441 g/mol. The summed E-state index contributed by atoms with van der Waals surface area (Å²) in [6, 6.07) is 6.24. The van der Waals surface area contributed by atoms with Crippen molar-refractivity contribution in [1.29, 1.82) is 0 Å². The molecule has 1 aliphatic carbocycles. The second kappa shape index (κ2) is 7.46. The molecule has 0 unspecified atom stereocenters. The lowest BCUT2D eigenvalue weighted by molar-refractivity contribution is -0.132. The molecule has 1 aromatic carbocycles. The fourth-order valence-electron chi connectivity index (χ4n) is 3.63. The second-order valence-electron chi connectivity index (χ2n) is 7.10. The number of Topliss-reactive ketones (excluding diaryl/α,β-unsaturated/α-hetero) is 1. The maximum absolute atomic E-state index is 12.7. The third-order valence-electron chi connectivity index (χ3n) is 5.12.